The number of hydrogen-bond acceptors (Lipinski definition) is 2. The van der Waals surface area contributed by atoms with Crippen molar-refractivity contribution in [1.82, 2.24) is 0 Å². The van der Waals surface area contributed by atoms with Crippen LogP contribution in [-0.2, 0) is 8.85 Å². The summed E-state index contributed by atoms with van der Waals surface area (Å²) in [6.45, 7) is 26.1. The molecule has 32 heavy (non-hydrogen) atoms. The molecule has 0 aliphatic rings. The molecule has 0 aliphatic heterocycles. The van der Waals surface area contributed by atoms with Crippen molar-refractivity contribution in [3.05, 3.63) is 112 Å². The van der Waals surface area contributed by atoms with Gasteiger partial charge in [-0.1, -0.05) is 66.8 Å². The minimum atomic E-state index is -2.16. The lowest BCUT2D eigenvalue weighted by Gasteiger charge is -2.37. The Hall–Kier alpha value is -1.99. The summed E-state index contributed by atoms with van der Waals surface area (Å²) < 4.78 is 13.8. The molecule has 0 radical (unpaired) electrons. The van der Waals surface area contributed by atoms with E-state index in [2.05, 4.69) is 70.7 Å². The van der Waals surface area contributed by atoms with Crippen molar-refractivity contribution >= 4 is 16.6 Å². The first-order chi connectivity index (χ1) is 15.4. The Morgan fingerprint density at radius 2 is 1.03 bits per heavy atom. The van der Waals surface area contributed by atoms with Crippen LogP contribution in [0.4, 0.5) is 0 Å². The molecule has 0 fully saturated rings. The first kappa shape index (κ1) is 28.0. The highest BCUT2D eigenvalue weighted by Gasteiger charge is 2.37. The van der Waals surface area contributed by atoms with E-state index in [0.717, 1.165) is 42.7 Å². The minimum absolute atomic E-state index is 0.0367. The maximum absolute atomic E-state index is 7.01. The largest absolute Gasteiger partial charge is 0.413 e. The number of benzene rings is 1. The predicted octanol–water partition coefficient (Wildman–Crippen LogP) is 8.55. The normalized spacial score (nSPS) is 13.5. The Balaban J connectivity index is 3.23. The van der Waals surface area contributed by atoms with E-state index in [1.807, 2.05) is 42.5 Å². The zero-order valence-electron chi connectivity index (χ0n) is 20.0. The summed E-state index contributed by atoms with van der Waals surface area (Å²) >= 11 is 0. The van der Waals surface area contributed by atoms with Gasteiger partial charge in [-0.25, -0.2) is 0 Å². The zero-order chi connectivity index (χ0) is 23.9. The van der Waals surface area contributed by atoms with Crippen molar-refractivity contribution in [3.8, 4) is 0 Å². The van der Waals surface area contributed by atoms with E-state index in [0.29, 0.717) is 0 Å². The van der Waals surface area contributed by atoms with Crippen molar-refractivity contribution in [2.24, 2.45) is 0 Å². The Morgan fingerprint density at radius 3 is 1.41 bits per heavy atom. The van der Waals surface area contributed by atoms with Crippen LogP contribution in [0.15, 0.2) is 106 Å². The first-order valence-electron chi connectivity index (χ1n) is 11.5. The van der Waals surface area contributed by atoms with Crippen LogP contribution < -0.4 is 0 Å². The summed E-state index contributed by atoms with van der Waals surface area (Å²) in [4.78, 5) is 0. The maximum Gasteiger partial charge on any atom is 0.204 e. The molecule has 1 aromatic rings. The summed E-state index contributed by atoms with van der Waals surface area (Å²) in [5.41, 5.74) is 1.18. The summed E-state index contributed by atoms with van der Waals surface area (Å²) in [6, 6.07) is 15.7. The lowest BCUT2D eigenvalue weighted by atomic mass is 10.0. The average Bonchev–Trinajstić information content (AvgIpc) is 2.75. The molecule has 0 saturated heterocycles. The number of allylic oxidation sites excluding steroid dienone is 6. The first-order valence-corrected chi connectivity index (χ1v) is 16.6. The highest BCUT2D eigenvalue weighted by atomic mass is 28.4. The average molecular weight is 467 g/mol. The Morgan fingerprint density at radius 1 is 0.656 bits per heavy atom. The Kier molecular flexibility index (Phi) is 13.1. The number of rotatable bonds is 19. The fraction of sp³-hybridized carbons (Fsp3) is 0.357. The minimum Gasteiger partial charge on any atom is -0.413 e. The van der Waals surface area contributed by atoms with Gasteiger partial charge in [-0.3, -0.25) is 0 Å². The van der Waals surface area contributed by atoms with Crippen molar-refractivity contribution in [1.29, 1.82) is 0 Å². The predicted molar refractivity (Wildman–Crippen MR) is 147 cm³/mol. The van der Waals surface area contributed by atoms with Crippen molar-refractivity contribution in [2.75, 3.05) is 0 Å². The smallest absolute Gasteiger partial charge is 0.204 e. The van der Waals surface area contributed by atoms with Gasteiger partial charge in [-0.05, 0) is 48.8 Å². The lowest BCUT2D eigenvalue weighted by Crippen LogP contribution is -2.42. The molecule has 2 nitrogen and oxygen atoms in total. The van der Waals surface area contributed by atoms with E-state index in [9.17, 15) is 0 Å². The van der Waals surface area contributed by atoms with E-state index in [4.69, 9.17) is 8.85 Å². The van der Waals surface area contributed by atoms with Crippen LogP contribution in [0.3, 0.4) is 0 Å². The molecular weight excluding hydrogens is 424 g/mol. The van der Waals surface area contributed by atoms with Gasteiger partial charge >= 0.3 is 0 Å². The zero-order valence-corrected chi connectivity index (χ0v) is 22.0. The van der Waals surface area contributed by atoms with Gasteiger partial charge in [0.15, 0.2) is 0 Å². The molecule has 0 aliphatic carbocycles. The van der Waals surface area contributed by atoms with Crippen molar-refractivity contribution in [2.45, 2.75) is 61.8 Å². The summed E-state index contributed by atoms with van der Waals surface area (Å²) in [5.74, 6) is 0. The molecule has 0 bridgehead atoms. The standard InChI is InChI=1S/C28H42O2Si2/c1-8-19-31(20-9-2,21-10-3)29-26(7)25-28(27-17-15-14-16-18-27)30-32(22-11-4,23-12-5)24-13-6/h8-18,26,28H,1-6,19-25H2,7H3. The third kappa shape index (κ3) is 8.87. The van der Waals surface area contributed by atoms with Gasteiger partial charge in [0.1, 0.15) is 0 Å². The molecule has 1 aromatic carbocycles. The van der Waals surface area contributed by atoms with Gasteiger partial charge in [0, 0.05) is 12.5 Å². The number of hydrogen-bond donors (Lipinski definition) is 0. The SMILES string of the molecule is C=CC[Si](CC=C)(CC=C)OC(C)CC(O[Si](CC=C)(CC=C)CC=C)c1ccccc1. The second-order valence-electron chi connectivity index (χ2n) is 8.50. The van der Waals surface area contributed by atoms with Crippen LogP contribution in [0, 0.1) is 0 Å². The Bertz CT molecular complexity index is 688. The van der Waals surface area contributed by atoms with Crippen LogP contribution >= 0.6 is 0 Å². The van der Waals surface area contributed by atoms with E-state index in [-0.39, 0.29) is 12.2 Å². The third-order valence-corrected chi connectivity index (χ3v) is 13.5. The maximum atomic E-state index is 7.01. The highest BCUT2D eigenvalue weighted by molar-refractivity contribution is 6.75. The van der Waals surface area contributed by atoms with E-state index in [1.54, 1.807) is 0 Å². The summed E-state index contributed by atoms with van der Waals surface area (Å²) in [6.07, 6.45) is 12.7. The van der Waals surface area contributed by atoms with Gasteiger partial charge in [-0.15, -0.1) is 39.5 Å². The molecule has 0 aromatic heterocycles. The second kappa shape index (κ2) is 15.0. The topological polar surface area (TPSA) is 18.5 Å². The molecule has 2 atom stereocenters. The van der Waals surface area contributed by atoms with Gasteiger partial charge in [-0.2, -0.15) is 0 Å². The second-order valence-corrected chi connectivity index (χ2v) is 16.2. The fourth-order valence-electron chi connectivity index (χ4n) is 4.37. The van der Waals surface area contributed by atoms with Gasteiger partial charge in [0.25, 0.3) is 0 Å². The quantitative estimate of drug-likeness (QED) is 0.150. The van der Waals surface area contributed by atoms with Gasteiger partial charge < -0.3 is 8.85 Å². The monoisotopic (exact) mass is 466 g/mol. The fourth-order valence-corrected chi connectivity index (χ4v) is 10.9. The molecule has 0 saturated carbocycles. The molecular formula is C28H42O2Si2. The van der Waals surface area contributed by atoms with Crippen LogP contribution in [0.25, 0.3) is 0 Å². The van der Waals surface area contributed by atoms with Gasteiger partial charge in [0.2, 0.25) is 16.6 Å². The van der Waals surface area contributed by atoms with Crippen molar-refractivity contribution in [3.63, 3.8) is 0 Å². The van der Waals surface area contributed by atoms with Crippen LogP contribution in [0.2, 0.25) is 36.3 Å². The molecule has 1 rings (SSSR count). The summed E-state index contributed by atoms with van der Waals surface area (Å²) in [7, 11) is -4.24. The molecule has 0 amide bonds. The van der Waals surface area contributed by atoms with Crippen LogP contribution in [0.1, 0.15) is 25.0 Å². The lowest BCUT2D eigenvalue weighted by molar-refractivity contribution is 0.108. The van der Waals surface area contributed by atoms with Crippen LogP contribution in [0.5, 0.6) is 0 Å². The van der Waals surface area contributed by atoms with Crippen LogP contribution in [-0.4, -0.2) is 22.7 Å². The van der Waals surface area contributed by atoms with E-state index >= 15 is 0 Å². The molecule has 4 heteroatoms. The van der Waals surface area contributed by atoms with E-state index in [1.165, 1.54) is 5.56 Å². The third-order valence-electron chi connectivity index (χ3n) is 5.66. The van der Waals surface area contributed by atoms with E-state index < -0.39 is 16.6 Å². The molecule has 0 N–H and O–H groups in total. The van der Waals surface area contributed by atoms with Gasteiger partial charge in [0.05, 0.1) is 6.10 Å². The molecule has 0 heterocycles. The Labute approximate surface area is 199 Å². The van der Waals surface area contributed by atoms with Crippen molar-refractivity contribution < 1.29 is 8.85 Å². The molecule has 0 spiro atoms. The molecule has 2 unspecified atom stereocenters. The molecule has 174 valence electrons. The highest BCUT2D eigenvalue weighted by Crippen LogP contribution is 2.35. The summed E-state index contributed by atoms with van der Waals surface area (Å²) in [5, 5.41) is 0.